The van der Waals surface area contributed by atoms with Crippen LogP contribution in [0.15, 0.2) is 35.6 Å². The molecule has 1 saturated carbocycles. The van der Waals surface area contributed by atoms with Crippen molar-refractivity contribution in [2.45, 2.75) is 44.4 Å². The summed E-state index contributed by atoms with van der Waals surface area (Å²) < 4.78 is 1.92. The third-order valence-electron chi connectivity index (χ3n) is 7.16. The second kappa shape index (κ2) is 7.88. The summed E-state index contributed by atoms with van der Waals surface area (Å²) in [5.41, 5.74) is 7.74. The Morgan fingerprint density at radius 1 is 1.23 bits per heavy atom. The zero-order valence-corrected chi connectivity index (χ0v) is 19.8. The van der Waals surface area contributed by atoms with E-state index >= 15 is 0 Å². The van der Waals surface area contributed by atoms with Crippen LogP contribution in [0.5, 0.6) is 0 Å². The van der Waals surface area contributed by atoms with Gasteiger partial charge in [-0.1, -0.05) is 37.3 Å². The SMILES string of the molecule is CC1(c2cc(=O)c(Cl)c[nH]2)C(=O)Nc2nc(-c3cn4ccnc4c(CC4CCCC4)n3)nc(N)c21. The number of carbonyl (C=O) groups is 1. The van der Waals surface area contributed by atoms with Crippen molar-refractivity contribution in [3.63, 3.8) is 0 Å². The summed E-state index contributed by atoms with van der Waals surface area (Å²) >= 11 is 5.88. The maximum absolute atomic E-state index is 13.1. The number of nitrogen functional groups attached to an aromatic ring is 1. The highest BCUT2D eigenvalue weighted by atomic mass is 35.5. The van der Waals surface area contributed by atoms with Crippen LogP contribution in [0, 0.1) is 5.92 Å². The molecule has 0 spiro atoms. The molecular weight excluding hydrogens is 468 g/mol. The van der Waals surface area contributed by atoms with Gasteiger partial charge in [-0.25, -0.2) is 19.9 Å². The molecule has 4 aromatic rings. The minimum absolute atomic E-state index is 0.0323. The van der Waals surface area contributed by atoms with E-state index in [0.717, 1.165) is 17.8 Å². The van der Waals surface area contributed by atoms with E-state index in [1.54, 1.807) is 13.1 Å². The number of hydrogen-bond acceptors (Lipinski definition) is 7. The highest BCUT2D eigenvalue weighted by Gasteiger charge is 2.48. The Morgan fingerprint density at radius 2 is 2.03 bits per heavy atom. The first kappa shape index (κ1) is 21.7. The van der Waals surface area contributed by atoms with Gasteiger partial charge in [0.15, 0.2) is 16.9 Å². The molecule has 4 N–H and O–H groups in total. The Labute approximate surface area is 205 Å². The molecule has 10 nitrogen and oxygen atoms in total. The number of aromatic amines is 1. The molecule has 1 aliphatic carbocycles. The van der Waals surface area contributed by atoms with Gasteiger partial charge in [-0.05, 0) is 19.3 Å². The van der Waals surface area contributed by atoms with Crippen molar-refractivity contribution in [3.8, 4) is 11.5 Å². The van der Waals surface area contributed by atoms with E-state index in [0.29, 0.717) is 34.5 Å². The molecule has 0 saturated heterocycles. The average Bonchev–Trinajstić information content (AvgIpc) is 3.56. The molecule has 1 unspecified atom stereocenters. The van der Waals surface area contributed by atoms with Gasteiger partial charge in [0.2, 0.25) is 5.91 Å². The second-order valence-electron chi connectivity index (χ2n) is 9.38. The predicted molar refractivity (Wildman–Crippen MR) is 131 cm³/mol. The number of amides is 1. The van der Waals surface area contributed by atoms with Gasteiger partial charge in [-0.2, -0.15) is 0 Å². The highest BCUT2D eigenvalue weighted by Crippen LogP contribution is 2.44. The van der Waals surface area contributed by atoms with E-state index in [1.165, 1.54) is 37.9 Å². The molecule has 6 rings (SSSR count). The van der Waals surface area contributed by atoms with Crippen LogP contribution in [-0.2, 0) is 16.6 Å². The molecule has 4 aromatic heterocycles. The first-order valence-electron chi connectivity index (χ1n) is 11.6. The Balaban J connectivity index is 1.46. The summed E-state index contributed by atoms with van der Waals surface area (Å²) in [4.78, 5) is 46.7. The van der Waals surface area contributed by atoms with E-state index < -0.39 is 10.8 Å². The molecular formula is C24H23ClN8O2. The minimum Gasteiger partial charge on any atom is -0.383 e. The van der Waals surface area contributed by atoms with Gasteiger partial charge in [0, 0.05) is 36.5 Å². The monoisotopic (exact) mass is 490 g/mol. The molecule has 1 aliphatic heterocycles. The number of H-pyrrole nitrogens is 1. The molecule has 1 fully saturated rings. The number of halogens is 1. The van der Waals surface area contributed by atoms with E-state index in [2.05, 4.69) is 25.3 Å². The summed E-state index contributed by atoms with van der Waals surface area (Å²) in [5.74, 6) is 0.945. The number of nitrogens with one attached hydrogen (secondary N) is 2. The Hall–Kier alpha value is -3.79. The van der Waals surface area contributed by atoms with E-state index in [-0.39, 0.29) is 16.7 Å². The molecule has 5 heterocycles. The summed E-state index contributed by atoms with van der Waals surface area (Å²) in [6.45, 7) is 1.67. The molecule has 35 heavy (non-hydrogen) atoms. The first-order chi connectivity index (χ1) is 16.8. The van der Waals surface area contributed by atoms with Gasteiger partial charge in [-0.3, -0.25) is 9.59 Å². The smallest absolute Gasteiger partial charge is 0.242 e. The number of nitrogens with two attached hydrogens (primary N) is 1. The standard InChI is InChI=1S/C24H23ClN8O2/c1-24(17-9-16(34)13(25)10-28-17)18-19(26)30-20(31-21(18)32-23(24)35)15-11-33-7-6-27-22(33)14(29-15)8-12-4-2-3-5-12/h6-7,9-12H,2-5,8H2,1H3,(H,28,34)(H3,26,30,31,32,35). The van der Waals surface area contributed by atoms with Crippen molar-refractivity contribution in [1.29, 1.82) is 0 Å². The number of aromatic nitrogens is 6. The average molecular weight is 491 g/mol. The van der Waals surface area contributed by atoms with Crippen LogP contribution in [-0.4, -0.2) is 35.2 Å². The van der Waals surface area contributed by atoms with Crippen LogP contribution in [0.2, 0.25) is 5.02 Å². The maximum Gasteiger partial charge on any atom is 0.242 e. The molecule has 0 bridgehead atoms. The van der Waals surface area contributed by atoms with Crippen molar-refractivity contribution in [1.82, 2.24) is 29.3 Å². The lowest BCUT2D eigenvalue weighted by molar-refractivity contribution is -0.119. The zero-order valence-electron chi connectivity index (χ0n) is 19.0. The number of rotatable bonds is 4. The third-order valence-corrected chi connectivity index (χ3v) is 7.45. The summed E-state index contributed by atoms with van der Waals surface area (Å²) in [7, 11) is 0. The fourth-order valence-corrected chi connectivity index (χ4v) is 5.36. The molecule has 1 amide bonds. The van der Waals surface area contributed by atoms with Gasteiger partial charge < -0.3 is 20.4 Å². The maximum atomic E-state index is 13.1. The van der Waals surface area contributed by atoms with Gasteiger partial charge >= 0.3 is 0 Å². The van der Waals surface area contributed by atoms with Crippen molar-refractivity contribution in [2.24, 2.45) is 5.92 Å². The first-order valence-corrected chi connectivity index (χ1v) is 11.9. The van der Waals surface area contributed by atoms with Crippen LogP contribution in [0.25, 0.3) is 17.2 Å². The molecule has 11 heteroatoms. The normalized spacial score (nSPS) is 19.9. The molecule has 0 radical (unpaired) electrons. The largest absolute Gasteiger partial charge is 0.383 e. The zero-order chi connectivity index (χ0) is 24.3. The number of anilines is 2. The van der Waals surface area contributed by atoms with Crippen molar-refractivity contribution >= 4 is 34.8 Å². The molecule has 178 valence electrons. The van der Waals surface area contributed by atoms with Gasteiger partial charge in [0.25, 0.3) is 0 Å². The number of pyridine rings is 1. The number of hydrogen-bond donors (Lipinski definition) is 3. The lowest BCUT2D eigenvalue weighted by atomic mass is 9.81. The van der Waals surface area contributed by atoms with Crippen LogP contribution in [0.3, 0.4) is 0 Å². The van der Waals surface area contributed by atoms with E-state index in [9.17, 15) is 9.59 Å². The fourth-order valence-electron chi connectivity index (χ4n) is 5.25. The quantitative estimate of drug-likeness (QED) is 0.398. The Morgan fingerprint density at radius 3 is 2.80 bits per heavy atom. The number of imidazole rings is 1. The Kier molecular flexibility index (Phi) is 4.89. The van der Waals surface area contributed by atoms with E-state index in [1.807, 2.05) is 16.8 Å². The van der Waals surface area contributed by atoms with Crippen molar-refractivity contribution < 1.29 is 4.79 Å². The van der Waals surface area contributed by atoms with Crippen molar-refractivity contribution in [3.05, 3.63) is 63.1 Å². The molecule has 0 aromatic carbocycles. The summed E-state index contributed by atoms with van der Waals surface area (Å²) in [5, 5.41) is 2.84. The molecule has 2 aliphatic rings. The third kappa shape index (κ3) is 3.39. The van der Waals surface area contributed by atoms with Gasteiger partial charge in [0.1, 0.15) is 27.8 Å². The fraction of sp³-hybridized carbons (Fsp3) is 0.333. The number of carbonyl (C=O) groups excluding carboxylic acids is 1. The van der Waals surface area contributed by atoms with Crippen LogP contribution in [0.4, 0.5) is 11.6 Å². The topological polar surface area (TPSA) is 144 Å². The number of fused-ring (bicyclic) bond motifs is 2. The lowest BCUT2D eigenvalue weighted by Crippen LogP contribution is -2.34. The van der Waals surface area contributed by atoms with Crippen LogP contribution in [0.1, 0.15) is 49.6 Å². The second-order valence-corrected chi connectivity index (χ2v) is 9.79. The van der Waals surface area contributed by atoms with Crippen LogP contribution < -0.4 is 16.5 Å². The molecule has 1 atom stereocenters. The summed E-state index contributed by atoms with van der Waals surface area (Å²) in [6.07, 6.45) is 12.5. The van der Waals surface area contributed by atoms with Crippen molar-refractivity contribution in [2.75, 3.05) is 11.1 Å². The van der Waals surface area contributed by atoms with E-state index in [4.69, 9.17) is 22.3 Å². The Bertz CT molecular complexity index is 1560. The minimum atomic E-state index is -1.28. The predicted octanol–water partition coefficient (Wildman–Crippen LogP) is 3.10. The lowest BCUT2D eigenvalue weighted by Gasteiger charge is -2.23. The highest BCUT2D eigenvalue weighted by molar-refractivity contribution is 6.30. The van der Waals surface area contributed by atoms with Gasteiger partial charge in [-0.15, -0.1) is 0 Å². The number of nitrogens with zero attached hydrogens (tertiary/aromatic N) is 5. The van der Waals surface area contributed by atoms with Gasteiger partial charge in [0.05, 0.1) is 11.3 Å². The summed E-state index contributed by atoms with van der Waals surface area (Å²) in [6, 6.07) is 1.30. The van der Waals surface area contributed by atoms with Crippen LogP contribution >= 0.6 is 11.6 Å².